The molecule has 1 saturated heterocycles. The van der Waals surface area contributed by atoms with Crippen LogP contribution in [0.25, 0.3) is 10.9 Å². The third kappa shape index (κ3) is 2.18. The maximum Gasteiger partial charge on any atom is 0.140 e. The SMILES string of the molecule is CC1CN(c2ncnc3ccc(N)cc23)CC1N(C)C. The Morgan fingerprint density at radius 2 is 2.05 bits per heavy atom. The highest BCUT2D eigenvalue weighted by atomic mass is 15.3. The summed E-state index contributed by atoms with van der Waals surface area (Å²) in [6.07, 6.45) is 1.64. The van der Waals surface area contributed by atoms with E-state index >= 15 is 0 Å². The number of hydrogen-bond acceptors (Lipinski definition) is 5. The van der Waals surface area contributed by atoms with Crippen LogP contribution >= 0.6 is 0 Å². The zero-order valence-corrected chi connectivity index (χ0v) is 12.2. The molecule has 2 atom stereocenters. The molecule has 1 aromatic heterocycles. The number of anilines is 2. The molecule has 106 valence electrons. The van der Waals surface area contributed by atoms with Crippen LogP contribution in [0, 0.1) is 5.92 Å². The van der Waals surface area contributed by atoms with E-state index in [1.165, 1.54) is 0 Å². The van der Waals surface area contributed by atoms with Gasteiger partial charge in [-0.15, -0.1) is 0 Å². The highest BCUT2D eigenvalue weighted by molar-refractivity contribution is 5.91. The Hall–Kier alpha value is -1.88. The minimum absolute atomic E-state index is 0.557. The van der Waals surface area contributed by atoms with Crippen molar-refractivity contribution >= 4 is 22.4 Å². The van der Waals surface area contributed by atoms with Gasteiger partial charge in [0.2, 0.25) is 0 Å². The molecule has 5 heteroatoms. The summed E-state index contributed by atoms with van der Waals surface area (Å²) in [5.74, 6) is 1.62. The van der Waals surface area contributed by atoms with Crippen LogP contribution in [0.3, 0.4) is 0 Å². The number of nitrogen functional groups attached to an aromatic ring is 1. The Labute approximate surface area is 119 Å². The molecule has 1 aliphatic heterocycles. The molecule has 0 bridgehead atoms. The average molecular weight is 271 g/mol. The lowest BCUT2D eigenvalue weighted by Gasteiger charge is -2.23. The summed E-state index contributed by atoms with van der Waals surface area (Å²) in [4.78, 5) is 13.5. The molecule has 3 rings (SSSR count). The molecule has 2 N–H and O–H groups in total. The van der Waals surface area contributed by atoms with E-state index in [2.05, 4.69) is 40.8 Å². The van der Waals surface area contributed by atoms with Gasteiger partial charge in [-0.05, 0) is 38.2 Å². The summed E-state index contributed by atoms with van der Waals surface area (Å²) >= 11 is 0. The van der Waals surface area contributed by atoms with Gasteiger partial charge < -0.3 is 15.5 Å². The van der Waals surface area contributed by atoms with E-state index in [4.69, 9.17) is 5.73 Å². The topological polar surface area (TPSA) is 58.3 Å². The largest absolute Gasteiger partial charge is 0.399 e. The number of hydrogen-bond donors (Lipinski definition) is 1. The first-order chi connectivity index (χ1) is 9.56. The van der Waals surface area contributed by atoms with Gasteiger partial charge in [-0.3, -0.25) is 0 Å². The van der Waals surface area contributed by atoms with Gasteiger partial charge in [0.05, 0.1) is 5.52 Å². The van der Waals surface area contributed by atoms with Gasteiger partial charge >= 0.3 is 0 Å². The van der Waals surface area contributed by atoms with Crippen LogP contribution in [-0.4, -0.2) is 48.1 Å². The molecule has 2 heterocycles. The maximum atomic E-state index is 5.91. The Morgan fingerprint density at radius 1 is 1.25 bits per heavy atom. The summed E-state index contributed by atoms with van der Waals surface area (Å²) < 4.78 is 0. The summed E-state index contributed by atoms with van der Waals surface area (Å²) in [5, 5.41) is 1.04. The summed E-state index contributed by atoms with van der Waals surface area (Å²) in [5.41, 5.74) is 7.62. The van der Waals surface area contributed by atoms with E-state index in [9.17, 15) is 0 Å². The first-order valence-corrected chi connectivity index (χ1v) is 6.98. The number of likely N-dealkylation sites (N-methyl/N-ethyl adjacent to an activating group) is 1. The smallest absolute Gasteiger partial charge is 0.140 e. The van der Waals surface area contributed by atoms with Crippen molar-refractivity contribution in [3.63, 3.8) is 0 Å². The number of nitrogens with zero attached hydrogens (tertiary/aromatic N) is 4. The second-order valence-corrected chi connectivity index (χ2v) is 5.89. The number of nitrogens with two attached hydrogens (primary N) is 1. The molecule has 5 nitrogen and oxygen atoms in total. The molecule has 1 aliphatic rings. The quantitative estimate of drug-likeness (QED) is 0.841. The lowest BCUT2D eigenvalue weighted by molar-refractivity contribution is 0.266. The molecule has 0 aliphatic carbocycles. The van der Waals surface area contributed by atoms with Crippen LogP contribution in [-0.2, 0) is 0 Å². The van der Waals surface area contributed by atoms with E-state index < -0.39 is 0 Å². The van der Waals surface area contributed by atoms with Crippen LogP contribution < -0.4 is 10.6 Å². The monoisotopic (exact) mass is 271 g/mol. The molecule has 1 fully saturated rings. The Kier molecular flexibility index (Phi) is 3.22. The predicted molar refractivity (Wildman–Crippen MR) is 82.8 cm³/mol. The molecule has 0 amide bonds. The van der Waals surface area contributed by atoms with Crippen molar-refractivity contribution in [3.8, 4) is 0 Å². The first kappa shape index (κ1) is 13.1. The molecule has 0 radical (unpaired) electrons. The van der Waals surface area contributed by atoms with Gasteiger partial charge in [-0.2, -0.15) is 0 Å². The zero-order valence-electron chi connectivity index (χ0n) is 12.2. The van der Waals surface area contributed by atoms with Crippen molar-refractivity contribution in [1.82, 2.24) is 14.9 Å². The van der Waals surface area contributed by atoms with Crippen LogP contribution in [0.1, 0.15) is 6.92 Å². The average Bonchev–Trinajstić information content (AvgIpc) is 2.80. The minimum atomic E-state index is 0.557. The Bertz CT molecular complexity index is 625. The Balaban J connectivity index is 2.01. The van der Waals surface area contributed by atoms with E-state index in [1.54, 1.807) is 6.33 Å². The fourth-order valence-electron chi connectivity index (χ4n) is 3.11. The van der Waals surface area contributed by atoms with E-state index in [0.29, 0.717) is 12.0 Å². The van der Waals surface area contributed by atoms with E-state index in [-0.39, 0.29) is 0 Å². The molecule has 2 unspecified atom stereocenters. The fraction of sp³-hybridized carbons (Fsp3) is 0.467. The number of rotatable bonds is 2. The summed E-state index contributed by atoms with van der Waals surface area (Å²) in [7, 11) is 4.28. The third-order valence-electron chi connectivity index (χ3n) is 4.17. The molecule has 20 heavy (non-hydrogen) atoms. The van der Waals surface area contributed by atoms with Crippen molar-refractivity contribution in [1.29, 1.82) is 0 Å². The highest BCUT2D eigenvalue weighted by Crippen LogP contribution is 2.30. The van der Waals surface area contributed by atoms with E-state index in [1.807, 2.05) is 18.2 Å². The second-order valence-electron chi connectivity index (χ2n) is 5.89. The van der Waals surface area contributed by atoms with Gasteiger partial charge in [0.15, 0.2) is 0 Å². The molecule has 0 spiro atoms. The maximum absolute atomic E-state index is 5.91. The lowest BCUT2D eigenvalue weighted by atomic mass is 10.1. The zero-order chi connectivity index (χ0) is 14.3. The Morgan fingerprint density at radius 3 is 2.75 bits per heavy atom. The van der Waals surface area contributed by atoms with Gasteiger partial charge in [0, 0.05) is 30.2 Å². The van der Waals surface area contributed by atoms with Crippen LogP contribution in [0.5, 0.6) is 0 Å². The molecule has 1 aromatic carbocycles. The standard InChI is InChI=1S/C15H21N5/c1-10-7-20(8-14(10)19(2)3)15-12-6-11(16)4-5-13(12)17-9-18-15/h4-6,9-10,14H,7-8,16H2,1-3H3. The number of aromatic nitrogens is 2. The van der Waals surface area contributed by atoms with Gasteiger partial charge in [0.25, 0.3) is 0 Å². The van der Waals surface area contributed by atoms with Crippen LogP contribution in [0.15, 0.2) is 24.5 Å². The predicted octanol–water partition coefficient (Wildman–Crippen LogP) is 1.60. The third-order valence-corrected chi connectivity index (χ3v) is 4.17. The van der Waals surface area contributed by atoms with Crippen LogP contribution in [0.2, 0.25) is 0 Å². The fourth-order valence-corrected chi connectivity index (χ4v) is 3.11. The molecule has 0 saturated carbocycles. The minimum Gasteiger partial charge on any atom is -0.399 e. The van der Waals surface area contributed by atoms with Crippen molar-refractivity contribution in [2.75, 3.05) is 37.8 Å². The molecular formula is C15H21N5. The van der Waals surface area contributed by atoms with Crippen molar-refractivity contribution < 1.29 is 0 Å². The van der Waals surface area contributed by atoms with Gasteiger partial charge in [-0.25, -0.2) is 9.97 Å². The normalized spacial score (nSPS) is 22.9. The van der Waals surface area contributed by atoms with E-state index in [0.717, 1.165) is 35.5 Å². The molecular weight excluding hydrogens is 250 g/mol. The molecule has 2 aromatic rings. The van der Waals surface area contributed by atoms with Crippen molar-refractivity contribution in [2.45, 2.75) is 13.0 Å². The number of benzene rings is 1. The van der Waals surface area contributed by atoms with Crippen molar-refractivity contribution in [3.05, 3.63) is 24.5 Å². The second kappa shape index (κ2) is 4.90. The number of fused-ring (bicyclic) bond motifs is 1. The van der Waals surface area contributed by atoms with Gasteiger partial charge in [0.1, 0.15) is 12.1 Å². The van der Waals surface area contributed by atoms with Crippen LogP contribution in [0.4, 0.5) is 11.5 Å². The van der Waals surface area contributed by atoms with Gasteiger partial charge in [-0.1, -0.05) is 6.92 Å². The highest BCUT2D eigenvalue weighted by Gasteiger charge is 2.32. The first-order valence-electron chi connectivity index (χ1n) is 6.98. The van der Waals surface area contributed by atoms with Crippen molar-refractivity contribution in [2.24, 2.45) is 5.92 Å². The summed E-state index contributed by atoms with van der Waals surface area (Å²) in [6.45, 7) is 4.31. The summed E-state index contributed by atoms with van der Waals surface area (Å²) in [6, 6.07) is 6.37. The lowest BCUT2D eigenvalue weighted by Crippen LogP contribution is -2.34.